The summed E-state index contributed by atoms with van der Waals surface area (Å²) in [7, 11) is 0. The molecule has 3 atom stereocenters. The first-order valence-corrected chi connectivity index (χ1v) is 9.85. The Morgan fingerprint density at radius 2 is 1.79 bits per heavy atom. The van der Waals surface area contributed by atoms with Crippen molar-refractivity contribution < 1.29 is 19.8 Å². The number of piperidine rings is 1. The number of aliphatic carboxylic acids is 1. The Labute approximate surface area is 168 Å². The van der Waals surface area contributed by atoms with Crippen molar-refractivity contribution in [1.29, 1.82) is 0 Å². The molecule has 1 saturated heterocycles. The summed E-state index contributed by atoms with van der Waals surface area (Å²) in [6.07, 6.45) is 1.83. The van der Waals surface area contributed by atoms with Crippen molar-refractivity contribution in [3.05, 3.63) is 71.9 Å². The van der Waals surface area contributed by atoms with Crippen LogP contribution in [0.1, 0.15) is 28.8 Å². The Morgan fingerprint density at radius 1 is 1.07 bits per heavy atom. The van der Waals surface area contributed by atoms with Crippen LogP contribution in [-0.2, 0) is 11.2 Å². The van der Waals surface area contributed by atoms with E-state index in [2.05, 4.69) is 4.98 Å². The van der Waals surface area contributed by atoms with Crippen molar-refractivity contribution in [1.82, 2.24) is 9.88 Å². The summed E-state index contributed by atoms with van der Waals surface area (Å²) in [6, 6.07) is 16.4. The number of aromatic amines is 1. The van der Waals surface area contributed by atoms with Crippen LogP contribution in [-0.4, -0.2) is 50.7 Å². The minimum atomic E-state index is -0.928. The number of likely N-dealkylation sites (tertiary alicyclic amines) is 1. The number of fused-ring (bicyclic) bond motifs is 1. The van der Waals surface area contributed by atoms with Gasteiger partial charge in [0.15, 0.2) is 0 Å². The fraction of sp³-hybridized carbons (Fsp3) is 0.304. The molecule has 0 saturated carbocycles. The molecule has 6 nitrogen and oxygen atoms in total. The number of carboxylic acids is 1. The third-order valence-electron chi connectivity index (χ3n) is 5.84. The molecule has 0 radical (unpaired) electrons. The third kappa shape index (κ3) is 3.89. The van der Waals surface area contributed by atoms with Gasteiger partial charge in [-0.2, -0.15) is 0 Å². The van der Waals surface area contributed by atoms with Crippen LogP contribution in [0.4, 0.5) is 0 Å². The molecule has 0 aliphatic carbocycles. The molecule has 1 fully saturated rings. The van der Waals surface area contributed by atoms with Crippen LogP contribution in [0.25, 0.3) is 10.9 Å². The largest absolute Gasteiger partial charge is 0.481 e. The van der Waals surface area contributed by atoms with Gasteiger partial charge in [0.05, 0.1) is 18.6 Å². The molecule has 3 N–H and O–H groups in total. The SMILES string of the molecule is O=C(O)C[C@H]1CCN(C(=O)c2ccccc2)[C@@H](Cc2c[nH]c3ccccc23)[C@H]1O. The minimum Gasteiger partial charge on any atom is -0.481 e. The lowest BCUT2D eigenvalue weighted by Gasteiger charge is -2.43. The normalized spacial score (nSPS) is 22.0. The number of benzene rings is 2. The van der Waals surface area contributed by atoms with Gasteiger partial charge >= 0.3 is 5.97 Å². The highest BCUT2D eigenvalue weighted by Crippen LogP contribution is 2.31. The molecule has 4 rings (SSSR count). The number of H-pyrrole nitrogens is 1. The smallest absolute Gasteiger partial charge is 0.303 e. The van der Waals surface area contributed by atoms with Crippen molar-refractivity contribution in [3.8, 4) is 0 Å². The maximum absolute atomic E-state index is 13.2. The molecular weight excluding hydrogens is 368 g/mol. The van der Waals surface area contributed by atoms with E-state index < -0.39 is 18.1 Å². The highest BCUT2D eigenvalue weighted by Gasteiger charge is 2.40. The zero-order chi connectivity index (χ0) is 20.4. The minimum absolute atomic E-state index is 0.0983. The Morgan fingerprint density at radius 3 is 2.55 bits per heavy atom. The first-order valence-electron chi connectivity index (χ1n) is 9.85. The number of amides is 1. The molecule has 150 valence electrons. The van der Waals surface area contributed by atoms with E-state index in [1.165, 1.54) is 0 Å². The summed E-state index contributed by atoms with van der Waals surface area (Å²) >= 11 is 0. The predicted molar refractivity (Wildman–Crippen MR) is 110 cm³/mol. The number of aromatic nitrogens is 1. The number of hydrogen-bond acceptors (Lipinski definition) is 3. The van der Waals surface area contributed by atoms with E-state index in [-0.39, 0.29) is 18.2 Å². The van der Waals surface area contributed by atoms with Gasteiger partial charge in [-0.1, -0.05) is 36.4 Å². The van der Waals surface area contributed by atoms with Gasteiger partial charge in [-0.05, 0) is 42.5 Å². The van der Waals surface area contributed by atoms with Crippen LogP contribution >= 0.6 is 0 Å². The summed E-state index contributed by atoms with van der Waals surface area (Å²) in [5.41, 5.74) is 2.57. The van der Waals surface area contributed by atoms with Crippen molar-refractivity contribution in [3.63, 3.8) is 0 Å². The van der Waals surface area contributed by atoms with Crippen LogP contribution in [0.3, 0.4) is 0 Å². The fourth-order valence-corrected chi connectivity index (χ4v) is 4.34. The molecule has 3 aromatic rings. The predicted octanol–water partition coefficient (Wildman–Crippen LogP) is 3.08. The molecule has 1 amide bonds. The summed E-state index contributed by atoms with van der Waals surface area (Å²) < 4.78 is 0. The Bertz CT molecular complexity index is 1010. The standard InChI is InChI=1S/C23H24N2O4/c26-21(27)13-16-10-11-25(23(29)15-6-2-1-3-7-15)20(22(16)28)12-17-14-24-19-9-5-4-8-18(17)19/h1-9,14,16,20,22,24,28H,10-13H2,(H,26,27)/t16-,20+,22+/m1/s1. The van der Waals surface area contributed by atoms with E-state index >= 15 is 0 Å². The number of nitrogens with one attached hydrogen (secondary N) is 1. The van der Waals surface area contributed by atoms with Crippen LogP contribution in [0, 0.1) is 5.92 Å². The molecule has 29 heavy (non-hydrogen) atoms. The zero-order valence-electron chi connectivity index (χ0n) is 16.0. The maximum Gasteiger partial charge on any atom is 0.303 e. The van der Waals surface area contributed by atoms with Gasteiger partial charge in [-0.3, -0.25) is 9.59 Å². The van der Waals surface area contributed by atoms with E-state index in [1.807, 2.05) is 48.7 Å². The Hall–Kier alpha value is -3.12. The highest BCUT2D eigenvalue weighted by molar-refractivity contribution is 5.94. The lowest BCUT2D eigenvalue weighted by Crippen LogP contribution is -2.55. The topological polar surface area (TPSA) is 93.6 Å². The maximum atomic E-state index is 13.2. The van der Waals surface area contributed by atoms with Gasteiger partial charge in [-0.15, -0.1) is 0 Å². The molecule has 0 bridgehead atoms. The average Bonchev–Trinajstić information content (AvgIpc) is 3.14. The number of hydrogen-bond donors (Lipinski definition) is 3. The second-order valence-corrected chi connectivity index (χ2v) is 7.63. The molecule has 2 heterocycles. The Kier molecular flexibility index (Phi) is 5.36. The van der Waals surface area contributed by atoms with Crippen LogP contribution in [0.2, 0.25) is 0 Å². The number of rotatable bonds is 5. The van der Waals surface area contributed by atoms with E-state index in [0.717, 1.165) is 16.5 Å². The highest BCUT2D eigenvalue weighted by atomic mass is 16.4. The van der Waals surface area contributed by atoms with Crippen molar-refractivity contribution in [2.24, 2.45) is 5.92 Å². The summed E-state index contributed by atoms with van der Waals surface area (Å²) in [6.45, 7) is 0.426. The van der Waals surface area contributed by atoms with E-state index in [4.69, 9.17) is 0 Å². The first kappa shape index (κ1) is 19.2. The first-order chi connectivity index (χ1) is 14.0. The molecular formula is C23H24N2O4. The quantitative estimate of drug-likeness (QED) is 0.622. The van der Waals surface area contributed by atoms with Crippen molar-refractivity contribution >= 4 is 22.8 Å². The second-order valence-electron chi connectivity index (χ2n) is 7.63. The van der Waals surface area contributed by atoms with Gasteiger partial charge in [0.2, 0.25) is 0 Å². The molecule has 1 aliphatic rings. The van der Waals surface area contributed by atoms with Gasteiger partial charge in [0.25, 0.3) is 5.91 Å². The Balaban J connectivity index is 1.66. The van der Waals surface area contributed by atoms with E-state index in [1.54, 1.807) is 17.0 Å². The van der Waals surface area contributed by atoms with E-state index in [9.17, 15) is 19.8 Å². The fourth-order valence-electron chi connectivity index (χ4n) is 4.34. The number of nitrogens with zero attached hydrogens (tertiary/aromatic N) is 1. The zero-order valence-corrected chi connectivity index (χ0v) is 16.0. The summed E-state index contributed by atoms with van der Waals surface area (Å²) in [4.78, 5) is 29.4. The molecule has 0 spiro atoms. The molecule has 0 unspecified atom stereocenters. The van der Waals surface area contributed by atoms with Crippen LogP contribution in [0.5, 0.6) is 0 Å². The van der Waals surface area contributed by atoms with Gasteiger partial charge in [0.1, 0.15) is 0 Å². The lowest BCUT2D eigenvalue weighted by atomic mass is 9.82. The molecule has 1 aliphatic heterocycles. The summed E-state index contributed by atoms with van der Waals surface area (Å²) in [5, 5.41) is 21.3. The number of carbonyl (C=O) groups is 2. The number of aliphatic hydroxyl groups is 1. The van der Waals surface area contributed by atoms with Gasteiger partial charge in [0, 0.05) is 29.2 Å². The molecule has 6 heteroatoms. The monoisotopic (exact) mass is 392 g/mol. The van der Waals surface area contributed by atoms with E-state index in [0.29, 0.717) is 24.9 Å². The van der Waals surface area contributed by atoms with Crippen LogP contribution in [0.15, 0.2) is 60.8 Å². The number of para-hydroxylation sites is 1. The van der Waals surface area contributed by atoms with Gasteiger partial charge in [-0.25, -0.2) is 0 Å². The van der Waals surface area contributed by atoms with Crippen LogP contribution < -0.4 is 0 Å². The number of carbonyl (C=O) groups excluding carboxylic acids is 1. The van der Waals surface area contributed by atoms with Crippen molar-refractivity contribution in [2.75, 3.05) is 6.54 Å². The van der Waals surface area contributed by atoms with Gasteiger partial charge < -0.3 is 20.1 Å². The lowest BCUT2D eigenvalue weighted by molar-refractivity contribution is -0.140. The average molecular weight is 392 g/mol. The third-order valence-corrected chi connectivity index (χ3v) is 5.84. The number of carboxylic acid groups (broad SMARTS) is 1. The van der Waals surface area contributed by atoms with Crippen molar-refractivity contribution in [2.45, 2.75) is 31.4 Å². The molecule has 2 aromatic carbocycles. The number of aliphatic hydroxyl groups excluding tert-OH is 1. The summed E-state index contributed by atoms with van der Waals surface area (Å²) in [5.74, 6) is -1.44. The molecule has 1 aromatic heterocycles. The second kappa shape index (κ2) is 8.09.